The van der Waals surface area contributed by atoms with Crippen LogP contribution in [-0.2, 0) is 0 Å². The molecular formula is C9H12N2. The van der Waals surface area contributed by atoms with E-state index in [0.29, 0.717) is 0 Å². The molecule has 2 N–H and O–H groups in total. The van der Waals surface area contributed by atoms with Gasteiger partial charge in [-0.25, -0.2) is 0 Å². The Morgan fingerprint density at radius 1 is 1.64 bits per heavy atom. The van der Waals surface area contributed by atoms with Crippen LogP contribution < -0.4 is 5.73 Å². The lowest BCUT2D eigenvalue weighted by atomic mass is 10.2. The number of nitrogens with two attached hydrogens (primary N) is 1. The third-order valence-corrected chi connectivity index (χ3v) is 1.28. The standard InChI is InChI=1S/C9H12N2/c1-8(10)4-5-9-3-2-6-11-7-9/h2-8H,10H2,1H3/b5-4+. The molecule has 1 heterocycles. The number of nitrogens with zero attached hydrogens (tertiary/aromatic N) is 1. The number of rotatable bonds is 2. The predicted molar refractivity (Wildman–Crippen MR) is 46.9 cm³/mol. The van der Waals surface area contributed by atoms with Crippen molar-refractivity contribution < 1.29 is 0 Å². The molecule has 1 rings (SSSR count). The fraction of sp³-hybridized carbons (Fsp3) is 0.222. The Labute approximate surface area is 66.8 Å². The molecule has 0 aromatic carbocycles. The summed E-state index contributed by atoms with van der Waals surface area (Å²) in [5, 5.41) is 0. The first kappa shape index (κ1) is 7.95. The maximum absolute atomic E-state index is 5.53. The van der Waals surface area contributed by atoms with Crippen LogP contribution in [0.5, 0.6) is 0 Å². The van der Waals surface area contributed by atoms with Crippen LogP contribution in [0.25, 0.3) is 6.08 Å². The predicted octanol–water partition coefficient (Wildman–Crippen LogP) is 1.44. The van der Waals surface area contributed by atoms with Crippen molar-refractivity contribution in [1.82, 2.24) is 4.98 Å². The highest BCUT2D eigenvalue weighted by atomic mass is 14.6. The van der Waals surface area contributed by atoms with Crippen molar-refractivity contribution in [3.05, 3.63) is 36.2 Å². The third kappa shape index (κ3) is 2.96. The molecule has 1 unspecified atom stereocenters. The number of hydrogen-bond acceptors (Lipinski definition) is 2. The lowest BCUT2D eigenvalue weighted by Crippen LogP contribution is -2.09. The zero-order valence-electron chi connectivity index (χ0n) is 6.57. The zero-order chi connectivity index (χ0) is 8.10. The summed E-state index contributed by atoms with van der Waals surface area (Å²) < 4.78 is 0. The summed E-state index contributed by atoms with van der Waals surface area (Å²) in [5.41, 5.74) is 6.62. The second kappa shape index (κ2) is 3.88. The molecule has 0 saturated heterocycles. The first-order valence-electron chi connectivity index (χ1n) is 3.63. The molecule has 1 aromatic heterocycles. The summed E-state index contributed by atoms with van der Waals surface area (Å²) in [7, 11) is 0. The largest absolute Gasteiger partial charge is 0.325 e. The second-order valence-corrected chi connectivity index (χ2v) is 2.50. The van der Waals surface area contributed by atoms with E-state index in [2.05, 4.69) is 4.98 Å². The van der Waals surface area contributed by atoms with E-state index < -0.39 is 0 Å². The van der Waals surface area contributed by atoms with Crippen molar-refractivity contribution >= 4 is 6.08 Å². The fourth-order valence-electron chi connectivity index (χ4n) is 0.737. The van der Waals surface area contributed by atoms with E-state index in [0.717, 1.165) is 5.56 Å². The van der Waals surface area contributed by atoms with Crippen LogP contribution in [0.4, 0.5) is 0 Å². The second-order valence-electron chi connectivity index (χ2n) is 2.50. The normalized spacial score (nSPS) is 13.6. The average Bonchev–Trinajstić information content (AvgIpc) is 2.03. The minimum absolute atomic E-state index is 0.107. The van der Waals surface area contributed by atoms with Gasteiger partial charge in [-0.05, 0) is 18.6 Å². The molecule has 0 spiro atoms. The Morgan fingerprint density at radius 2 is 2.45 bits per heavy atom. The highest BCUT2D eigenvalue weighted by Gasteiger charge is 1.85. The molecule has 0 radical (unpaired) electrons. The van der Waals surface area contributed by atoms with Gasteiger partial charge in [-0.3, -0.25) is 4.98 Å². The third-order valence-electron chi connectivity index (χ3n) is 1.28. The molecule has 0 bridgehead atoms. The van der Waals surface area contributed by atoms with Crippen molar-refractivity contribution in [1.29, 1.82) is 0 Å². The molecule has 2 heteroatoms. The van der Waals surface area contributed by atoms with Gasteiger partial charge in [0.25, 0.3) is 0 Å². The fourth-order valence-corrected chi connectivity index (χ4v) is 0.737. The quantitative estimate of drug-likeness (QED) is 0.689. The average molecular weight is 148 g/mol. The van der Waals surface area contributed by atoms with Crippen molar-refractivity contribution in [3.8, 4) is 0 Å². The Balaban J connectivity index is 2.65. The molecule has 0 aliphatic carbocycles. The first-order valence-corrected chi connectivity index (χ1v) is 3.63. The van der Waals surface area contributed by atoms with E-state index >= 15 is 0 Å². The van der Waals surface area contributed by atoms with Gasteiger partial charge in [0.05, 0.1) is 0 Å². The van der Waals surface area contributed by atoms with Gasteiger partial charge in [-0.1, -0.05) is 18.2 Å². The van der Waals surface area contributed by atoms with Crippen LogP contribution in [-0.4, -0.2) is 11.0 Å². The molecule has 0 fully saturated rings. The van der Waals surface area contributed by atoms with Crippen molar-refractivity contribution in [3.63, 3.8) is 0 Å². The monoisotopic (exact) mass is 148 g/mol. The van der Waals surface area contributed by atoms with Crippen LogP contribution in [0.1, 0.15) is 12.5 Å². The topological polar surface area (TPSA) is 38.9 Å². The highest BCUT2D eigenvalue weighted by molar-refractivity contribution is 5.47. The molecule has 11 heavy (non-hydrogen) atoms. The van der Waals surface area contributed by atoms with Gasteiger partial charge < -0.3 is 5.73 Å². The van der Waals surface area contributed by atoms with E-state index in [4.69, 9.17) is 5.73 Å². The van der Waals surface area contributed by atoms with Crippen LogP contribution in [0.2, 0.25) is 0 Å². The van der Waals surface area contributed by atoms with E-state index in [1.165, 1.54) is 0 Å². The number of pyridine rings is 1. The van der Waals surface area contributed by atoms with Gasteiger partial charge in [0.1, 0.15) is 0 Å². The van der Waals surface area contributed by atoms with Gasteiger partial charge in [-0.15, -0.1) is 0 Å². The molecule has 1 atom stereocenters. The van der Waals surface area contributed by atoms with Gasteiger partial charge in [-0.2, -0.15) is 0 Å². The molecule has 0 amide bonds. The summed E-state index contributed by atoms with van der Waals surface area (Å²) >= 11 is 0. The van der Waals surface area contributed by atoms with Gasteiger partial charge >= 0.3 is 0 Å². The molecule has 0 aliphatic heterocycles. The van der Waals surface area contributed by atoms with E-state index in [-0.39, 0.29) is 6.04 Å². The maximum atomic E-state index is 5.53. The Morgan fingerprint density at radius 3 is 3.00 bits per heavy atom. The lowest BCUT2D eigenvalue weighted by molar-refractivity contribution is 0.930. The first-order chi connectivity index (χ1) is 5.29. The van der Waals surface area contributed by atoms with Crippen LogP contribution in [0.15, 0.2) is 30.6 Å². The van der Waals surface area contributed by atoms with Crippen molar-refractivity contribution in [2.45, 2.75) is 13.0 Å². The van der Waals surface area contributed by atoms with Crippen LogP contribution in [0.3, 0.4) is 0 Å². The van der Waals surface area contributed by atoms with E-state index in [1.807, 2.05) is 31.2 Å². The van der Waals surface area contributed by atoms with Crippen molar-refractivity contribution in [2.75, 3.05) is 0 Å². The van der Waals surface area contributed by atoms with E-state index in [1.54, 1.807) is 12.4 Å². The van der Waals surface area contributed by atoms with Gasteiger partial charge in [0, 0.05) is 18.4 Å². The van der Waals surface area contributed by atoms with E-state index in [9.17, 15) is 0 Å². The summed E-state index contributed by atoms with van der Waals surface area (Å²) in [5.74, 6) is 0. The summed E-state index contributed by atoms with van der Waals surface area (Å²) in [6, 6.07) is 4.00. The zero-order valence-corrected chi connectivity index (χ0v) is 6.57. The Kier molecular flexibility index (Phi) is 2.81. The molecular weight excluding hydrogens is 136 g/mol. The lowest BCUT2D eigenvalue weighted by Gasteiger charge is -1.94. The minimum Gasteiger partial charge on any atom is -0.325 e. The molecule has 58 valence electrons. The maximum Gasteiger partial charge on any atom is 0.0340 e. The minimum atomic E-state index is 0.107. The smallest absolute Gasteiger partial charge is 0.0340 e. The molecule has 1 aromatic rings. The summed E-state index contributed by atoms with van der Waals surface area (Å²) in [6.07, 6.45) is 7.47. The SMILES string of the molecule is CC(N)/C=C/c1cccnc1. The van der Waals surface area contributed by atoms with Crippen LogP contribution >= 0.6 is 0 Å². The Hall–Kier alpha value is -1.15. The summed E-state index contributed by atoms with van der Waals surface area (Å²) in [6.45, 7) is 1.94. The van der Waals surface area contributed by atoms with Gasteiger partial charge in [0.2, 0.25) is 0 Å². The van der Waals surface area contributed by atoms with Gasteiger partial charge in [0.15, 0.2) is 0 Å². The Bertz CT molecular complexity index is 227. The van der Waals surface area contributed by atoms with Crippen molar-refractivity contribution in [2.24, 2.45) is 5.73 Å². The summed E-state index contributed by atoms with van der Waals surface area (Å²) in [4.78, 5) is 3.97. The van der Waals surface area contributed by atoms with Crippen LogP contribution in [0, 0.1) is 0 Å². The molecule has 0 aliphatic rings. The number of aromatic nitrogens is 1. The number of hydrogen-bond donors (Lipinski definition) is 1. The molecule has 2 nitrogen and oxygen atoms in total. The molecule has 0 saturated carbocycles. The highest BCUT2D eigenvalue weighted by Crippen LogP contribution is 1.98.